The molecule has 2 aromatic carbocycles. The van der Waals surface area contributed by atoms with E-state index in [0.717, 1.165) is 25.2 Å². The molecule has 1 heteroatoms. The maximum atomic E-state index is 5.99. The van der Waals surface area contributed by atoms with E-state index in [1.807, 2.05) is 0 Å². The highest BCUT2D eigenvalue weighted by Crippen LogP contribution is 2.25. The van der Waals surface area contributed by atoms with Crippen LogP contribution in [0.5, 0.6) is 5.75 Å². The van der Waals surface area contributed by atoms with Gasteiger partial charge >= 0.3 is 0 Å². The monoisotopic (exact) mass is 464 g/mol. The van der Waals surface area contributed by atoms with Crippen LogP contribution in [0.15, 0.2) is 42.5 Å². The van der Waals surface area contributed by atoms with Crippen LogP contribution >= 0.6 is 0 Å². The van der Waals surface area contributed by atoms with Crippen LogP contribution < -0.4 is 4.74 Å². The number of ether oxygens (including phenoxy) is 1. The third kappa shape index (κ3) is 12.1. The molecular weight excluding hydrogens is 412 g/mol. The number of hydrogen-bond acceptors (Lipinski definition) is 1. The highest BCUT2D eigenvalue weighted by Gasteiger charge is 2.07. The molecule has 0 unspecified atom stereocenters. The van der Waals surface area contributed by atoms with Gasteiger partial charge in [-0.25, -0.2) is 0 Å². The molecule has 1 nitrogen and oxygen atoms in total. The van der Waals surface area contributed by atoms with Crippen LogP contribution in [0.1, 0.15) is 133 Å². The fourth-order valence-corrected chi connectivity index (χ4v) is 4.82. The van der Waals surface area contributed by atoms with Gasteiger partial charge in [-0.2, -0.15) is 0 Å². The minimum Gasteiger partial charge on any atom is -0.494 e. The van der Waals surface area contributed by atoms with Gasteiger partial charge < -0.3 is 4.74 Å². The summed E-state index contributed by atoms with van der Waals surface area (Å²) in [5, 5.41) is 0. The maximum Gasteiger partial charge on any atom is 0.122 e. The van der Waals surface area contributed by atoms with Crippen LogP contribution in [0.25, 0.3) is 0 Å². The number of aryl methyl sites for hydroxylation is 2. The minimum absolute atomic E-state index is 0.735. The van der Waals surface area contributed by atoms with Gasteiger partial charge in [-0.05, 0) is 67.3 Å². The van der Waals surface area contributed by atoms with Crippen molar-refractivity contribution in [2.45, 2.75) is 130 Å². The van der Waals surface area contributed by atoms with Gasteiger partial charge in [0.05, 0.1) is 6.61 Å². The molecule has 0 saturated carbocycles. The van der Waals surface area contributed by atoms with E-state index in [0.29, 0.717) is 0 Å². The van der Waals surface area contributed by atoms with Crippen LogP contribution in [0.3, 0.4) is 0 Å². The summed E-state index contributed by atoms with van der Waals surface area (Å²) in [6.45, 7) is 7.38. The third-order valence-electron chi connectivity index (χ3n) is 6.98. The average molecular weight is 465 g/mol. The summed E-state index contributed by atoms with van der Waals surface area (Å²) >= 11 is 0. The van der Waals surface area contributed by atoms with E-state index in [9.17, 15) is 0 Å². The van der Waals surface area contributed by atoms with Crippen molar-refractivity contribution >= 4 is 0 Å². The lowest BCUT2D eigenvalue weighted by Crippen LogP contribution is -1.99. The maximum absolute atomic E-state index is 5.99. The highest BCUT2D eigenvalue weighted by atomic mass is 16.5. The molecule has 0 N–H and O–H groups in total. The normalized spacial score (nSPS) is 11.1. The highest BCUT2D eigenvalue weighted by molar-refractivity contribution is 5.40. The Bertz CT molecular complexity index is 746. The Balaban J connectivity index is 1.71. The number of rotatable bonds is 20. The molecule has 2 rings (SSSR count). The topological polar surface area (TPSA) is 9.23 Å². The molecule has 0 aliphatic rings. The molecule has 0 aliphatic carbocycles. The van der Waals surface area contributed by atoms with Gasteiger partial charge in [0.25, 0.3) is 0 Å². The predicted octanol–water partition coefficient (Wildman–Crippen LogP) is 10.3. The van der Waals surface area contributed by atoms with Gasteiger partial charge in [-0.3, -0.25) is 0 Å². The van der Waals surface area contributed by atoms with Crippen LogP contribution in [-0.4, -0.2) is 6.61 Å². The van der Waals surface area contributed by atoms with Gasteiger partial charge in [-0.1, -0.05) is 127 Å². The lowest BCUT2D eigenvalue weighted by Gasteiger charge is -2.13. The van der Waals surface area contributed by atoms with E-state index in [1.54, 1.807) is 0 Å². The molecule has 190 valence electrons. The van der Waals surface area contributed by atoms with E-state index < -0.39 is 0 Å². The average Bonchev–Trinajstić information content (AvgIpc) is 2.85. The Morgan fingerprint density at radius 1 is 0.500 bits per heavy atom. The van der Waals surface area contributed by atoms with E-state index >= 15 is 0 Å². The summed E-state index contributed by atoms with van der Waals surface area (Å²) in [7, 11) is 0. The van der Waals surface area contributed by atoms with Crippen LogP contribution in [0.2, 0.25) is 0 Å². The van der Waals surface area contributed by atoms with E-state index in [-0.39, 0.29) is 0 Å². The van der Waals surface area contributed by atoms with Gasteiger partial charge in [0.1, 0.15) is 5.75 Å². The Morgan fingerprint density at radius 2 is 1.00 bits per heavy atom. The van der Waals surface area contributed by atoms with Gasteiger partial charge in [-0.15, -0.1) is 0 Å². The molecule has 0 atom stereocenters. The zero-order valence-electron chi connectivity index (χ0n) is 22.7. The number of benzene rings is 2. The standard InChI is InChI=1S/C33H52O/c1-4-7-9-11-12-13-14-15-16-17-19-29-21-23-30(24-22-29)27-31-25-26-32(20-18-10-8-5-2)33(28-31)34-6-3/h21-26,28H,4-20,27H2,1-3H3. The van der Waals surface area contributed by atoms with Crippen LogP contribution in [0.4, 0.5) is 0 Å². The summed E-state index contributed by atoms with van der Waals surface area (Å²) in [6, 6.07) is 16.2. The van der Waals surface area contributed by atoms with Gasteiger partial charge in [0, 0.05) is 0 Å². The summed E-state index contributed by atoms with van der Waals surface area (Å²) in [5.41, 5.74) is 5.60. The molecule has 0 bridgehead atoms. The first-order valence-electron chi connectivity index (χ1n) is 14.6. The fourth-order valence-electron chi connectivity index (χ4n) is 4.82. The molecular formula is C33H52O. The molecule has 0 fully saturated rings. The van der Waals surface area contributed by atoms with E-state index in [1.165, 1.54) is 119 Å². The minimum atomic E-state index is 0.735. The quantitative estimate of drug-likeness (QED) is 0.177. The van der Waals surface area contributed by atoms with Crippen molar-refractivity contribution in [2.24, 2.45) is 0 Å². The second-order valence-electron chi connectivity index (χ2n) is 10.1. The molecule has 0 heterocycles. The summed E-state index contributed by atoms with van der Waals surface area (Å²) < 4.78 is 5.99. The van der Waals surface area contributed by atoms with Crippen molar-refractivity contribution in [2.75, 3.05) is 6.61 Å². The Labute approximate surface area is 211 Å². The second kappa shape index (κ2) is 18.6. The molecule has 0 radical (unpaired) electrons. The SMILES string of the molecule is CCCCCCCCCCCCc1ccc(Cc2ccc(CCCCCC)c(OCC)c2)cc1. The number of hydrogen-bond donors (Lipinski definition) is 0. The second-order valence-corrected chi connectivity index (χ2v) is 10.1. The smallest absolute Gasteiger partial charge is 0.122 e. The van der Waals surface area contributed by atoms with Crippen molar-refractivity contribution in [3.63, 3.8) is 0 Å². The van der Waals surface area contributed by atoms with Gasteiger partial charge in [0.15, 0.2) is 0 Å². The predicted molar refractivity (Wildman–Crippen MR) is 150 cm³/mol. The summed E-state index contributed by atoms with van der Waals surface area (Å²) in [4.78, 5) is 0. The van der Waals surface area contributed by atoms with E-state index in [4.69, 9.17) is 4.74 Å². The Hall–Kier alpha value is -1.76. The first kappa shape index (κ1) is 28.5. The van der Waals surface area contributed by atoms with Crippen LogP contribution in [-0.2, 0) is 19.3 Å². The molecule has 0 aromatic heterocycles. The molecule has 0 saturated heterocycles. The molecule has 0 amide bonds. The zero-order valence-corrected chi connectivity index (χ0v) is 22.7. The largest absolute Gasteiger partial charge is 0.494 e. The number of unbranched alkanes of at least 4 members (excludes halogenated alkanes) is 12. The fraction of sp³-hybridized carbons (Fsp3) is 0.636. The Morgan fingerprint density at radius 3 is 1.62 bits per heavy atom. The Kier molecular flexibility index (Phi) is 15.5. The third-order valence-corrected chi connectivity index (χ3v) is 6.98. The van der Waals surface area contributed by atoms with E-state index in [2.05, 4.69) is 63.2 Å². The van der Waals surface area contributed by atoms with Crippen molar-refractivity contribution < 1.29 is 4.74 Å². The molecule has 0 spiro atoms. The van der Waals surface area contributed by atoms with Crippen molar-refractivity contribution in [1.29, 1.82) is 0 Å². The molecule has 0 aliphatic heterocycles. The molecule has 2 aromatic rings. The van der Waals surface area contributed by atoms with Crippen molar-refractivity contribution in [1.82, 2.24) is 0 Å². The van der Waals surface area contributed by atoms with Gasteiger partial charge in [0.2, 0.25) is 0 Å². The van der Waals surface area contributed by atoms with Crippen LogP contribution in [0, 0.1) is 0 Å². The van der Waals surface area contributed by atoms with Crippen molar-refractivity contribution in [3.8, 4) is 5.75 Å². The lowest BCUT2D eigenvalue weighted by molar-refractivity contribution is 0.336. The summed E-state index contributed by atoms with van der Waals surface area (Å²) in [6.07, 6.45) is 22.6. The lowest BCUT2D eigenvalue weighted by atomic mass is 9.98. The first-order valence-corrected chi connectivity index (χ1v) is 14.6. The first-order chi connectivity index (χ1) is 16.8. The molecule has 34 heavy (non-hydrogen) atoms. The van der Waals surface area contributed by atoms with Crippen molar-refractivity contribution in [3.05, 3.63) is 64.7 Å². The summed E-state index contributed by atoms with van der Waals surface area (Å²) in [5.74, 6) is 1.09. The zero-order chi connectivity index (χ0) is 24.3.